The summed E-state index contributed by atoms with van der Waals surface area (Å²) in [6.07, 6.45) is 19.6. The fraction of sp³-hybridized carbons (Fsp3) is 0.326. The lowest BCUT2D eigenvalue weighted by Gasteiger charge is -2.44. The highest BCUT2D eigenvalue weighted by Crippen LogP contribution is 2.69. The van der Waals surface area contributed by atoms with Crippen LogP contribution in [0.15, 0.2) is 143 Å². The standard InChI is InChI=1S/C43H41N3O2/c1-42(2)32-15-6-8-17-35(32)47-37-23-28(19-20-33(37)42)27-13-10-14-29(21-27)40-44-39(26-11-4-3-5-12-26)45-41(46-40)30-22-31-25-43(31)34-16-7-9-18-36(34)48-38(43)24-30/h3-12,14-21,23-24,27,30-31,33,37,39-40,44H,13,22,25H2,1-2H3,(H,45,46). The molecule has 5 heteroatoms. The average molecular weight is 632 g/mol. The molecule has 2 N–H and O–H groups in total. The zero-order valence-corrected chi connectivity index (χ0v) is 27.5. The Morgan fingerprint density at radius 1 is 0.792 bits per heavy atom. The van der Waals surface area contributed by atoms with Gasteiger partial charge in [0, 0.05) is 34.3 Å². The first-order valence-electron chi connectivity index (χ1n) is 17.7. The van der Waals surface area contributed by atoms with Gasteiger partial charge in [0.1, 0.15) is 41.5 Å². The number of aliphatic imine (C=N–C) groups is 1. The second-order valence-electron chi connectivity index (χ2n) is 15.2. The number of amidine groups is 1. The summed E-state index contributed by atoms with van der Waals surface area (Å²) < 4.78 is 13.1. The number of nitrogens with one attached hydrogen (secondary N) is 2. The van der Waals surface area contributed by atoms with E-state index in [1.54, 1.807) is 0 Å². The maximum atomic E-state index is 6.62. The molecule has 5 nitrogen and oxygen atoms in total. The molecule has 7 aliphatic rings. The summed E-state index contributed by atoms with van der Waals surface area (Å²) in [7, 11) is 0. The van der Waals surface area contributed by atoms with Crippen molar-refractivity contribution in [2.45, 2.75) is 62.4 Å². The first-order valence-corrected chi connectivity index (χ1v) is 17.7. The molecule has 1 saturated carbocycles. The summed E-state index contributed by atoms with van der Waals surface area (Å²) in [5.74, 6) is 5.57. The molecule has 3 aromatic carbocycles. The molecule has 4 aliphatic carbocycles. The van der Waals surface area contributed by atoms with Crippen molar-refractivity contribution in [3.63, 3.8) is 0 Å². The largest absolute Gasteiger partial charge is 0.485 e. The van der Waals surface area contributed by atoms with E-state index in [4.69, 9.17) is 14.5 Å². The molecule has 0 aromatic heterocycles. The summed E-state index contributed by atoms with van der Waals surface area (Å²) in [6.45, 7) is 4.70. The summed E-state index contributed by atoms with van der Waals surface area (Å²) in [6, 6.07) is 27.8. The van der Waals surface area contributed by atoms with Crippen molar-refractivity contribution < 1.29 is 9.47 Å². The van der Waals surface area contributed by atoms with Crippen LogP contribution < -0.4 is 20.1 Å². The molecule has 0 radical (unpaired) electrons. The van der Waals surface area contributed by atoms with Crippen molar-refractivity contribution in [1.29, 1.82) is 0 Å². The molecule has 48 heavy (non-hydrogen) atoms. The van der Waals surface area contributed by atoms with E-state index in [0.29, 0.717) is 11.8 Å². The minimum absolute atomic E-state index is 0.00447. The number of fused-ring (bicyclic) bond motifs is 3. The molecule has 10 rings (SSSR count). The molecule has 240 valence electrons. The maximum Gasteiger partial charge on any atom is 0.131 e. The first-order chi connectivity index (χ1) is 23.5. The monoisotopic (exact) mass is 631 g/mol. The van der Waals surface area contributed by atoms with Gasteiger partial charge in [-0.05, 0) is 66.2 Å². The van der Waals surface area contributed by atoms with E-state index < -0.39 is 0 Å². The van der Waals surface area contributed by atoms with Crippen molar-refractivity contribution in [2.24, 2.45) is 28.7 Å². The van der Waals surface area contributed by atoms with Crippen molar-refractivity contribution >= 4 is 5.84 Å². The van der Waals surface area contributed by atoms with E-state index in [1.807, 2.05) is 0 Å². The van der Waals surface area contributed by atoms with Crippen LogP contribution in [0.5, 0.6) is 11.5 Å². The third-order valence-corrected chi connectivity index (χ3v) is 12.1. The molecule has 0 bridgehead atoms. The van der Waals surface area contributed by atoms with Crippen molar-refractivity contribution in [3.05, 3.63) is 155 Å². The van der Waals surface area contributed by atoms with Gasteiger partial charge in [-0.3, -0.25) is 5.32 Å². The third-order valence-electron chi connectivity index (χ3n) is 12.1. The van der Waals surface area contributed by atoms with Gasteiger partial charge in [-0.15, -0.1) is 0 Å². The predicted octanol–water partition coefficient (Wildman–Crippen LogP) is 8.21. The van der Waals surface area contributed by atoms with E-state index in [1.165, 1.54) is 27.8 Å². The van der Waals surface area contributed by atoms with Gasteiger partial charge >= 0.3 is 0 Å². The van der Waals surface area contributed by atoms with Gasteiger partial charge in [-0.1, -0.05) is 111 Å². The van der Waals surface area contributed by atoms with Gasteiger partial charge in [0.2, 0.25) is 0 Å². The van der Waals surface area contributed by atoms with Crippen LogP contribution in [-0.4, -0.2) is 18.1 Å². The molecular weight excluding hydrogens is 590 g/mol. The number of hydrogen-bond acceptors (Lipinski definition) is 5. The molecule has 8 unspecified atom stereocenters. The lowest BCUT2D eigenvalue weighted by Crippen LogP contribution is -2.54. The van der Waals surface area contributed by atoms with Gasteiger partial charge < -0.3 is 14.8 Å². The van der Waals surface area contributed by atoms with Crippen LogP contribution >= 0.6 is 0 Å². The fourth-order valence-electron chi connectivity index (χ4n) is 9.43. The Morgan fingerprint density at radius 3 is 2.46 bits per heavy atom. The minimum Gasteiger partial charge on any atom is -0.485 e. The SMILES string of the molecule is CC1(C)c2ccccc2OC2C=C(C3C=C(C4NC(C5C=C6Oc7ccccc7C67CC7C5)=NC(c5ccccc5)N4)C=CC3)C=CC21. The zero-order chi connectivity index (χ0) is 32.0. The van der Waals surface area contributed by atoms with Crippen LogP contribution in [0.4, 0.5) is 0 Å². The van der Waals surface area contributed by atoms with Gasteiger partial charge in [0.15, 0.2) is 0 Å². The molecular formula is C43H41N3O2. The number of benzene rings is 3. The van der Waals surface area contributed by atoms with Gasteiger partial charge in [0.25, 0.3) is 0 Å². The summed E-state index contributed by atoms with van der Waals surface area (Å²) in [5, 5.41) is 7.73. The third kappa shape index (κ3) is 4.29. The minimum atomic E-state index is -0.138. The van der Waals surface area contributed by atoms with Crippen molar-refractivity contribution in [2.75, 3.05) is 0 Å². The predicted molar refractivity (Wildman–Crippen MR) is 190 cm³/mol. The maximum absolute atomic E-state index is 6.62. The Kier molecular flexibility index (Phi) is 6.18. The van der Waals surface area contributed by atoms with E-state index in [0.717, 1.165) is 42.4 Å². The summed E-state index contributed by atoms with van der Waals surface area (Å²) in [5.41, 5.74) is 6.50. The number of nitrogens with zero attached hydrogens (tertiary/aromatic N) is 1. The lowest BCUT2D eigenvalue weighted by molar-refractivity contribution is 0.121. The number of ether oxygens (including phenoxy) is 2. The highest BCUT2D eigenvalue weighted by atomic mass is 16.5. The van der Waals surface area contributed by atoms with Crippen molar-refractivity contribution in [3.8, 4) is 11.5 Å². The van der Waals surface area contributed by atoms with E-state index >= 15 is 0 Å². The van der Waals surface area contributed by atoms with Crippen LogP contribution in [-0.2, 0) is 10.8 Å². The van der Waals surface area contributed by atoms with E-state index in [2.05, 4.69) is 146 Å². The molecule has 3 aliphatic heterocycles. The quantitative estimate of drug-likeness (QED) is 0.305. The highest BCUT2D eigenvalue weighted by Gasteiger charge is 2.65. The van der Waals surface area contributed by atoms with Gasteiger partial charge in [-0.2, -0.15) is 0 Å². The molecule has 0 saturated heterocycles. The molecule has 1 fully saturated rings. The average Bonchev–Trinajstić information content (AvgIpc) is 3.79. The fourth-order valence-corrected chi connectivity index (χ4v) is 9.43. The van der Waals surface area contributed by atoms with Crippen LogP contribution in [0.25, 0.3) is 0 Å². The number of allylic oxidation sites excluding steroid dienone is 5. The van der Waals surface area contributed by atoms with E-state index in [9.17, 15) is 0 Å². The van der Waals surface area contributed by atoms with Gasteiger partial charge in [-0.25, -0.2) is 4.99 Å². The van der Waals surface area contributed by atoms with E-state index in [-0.39, 0.29) is 41.1 Å². The first kappa shape index (κ1) is 28.4. The van der Waals surface area contributed by atoms with Crippen LogP contribution in [0.2, 0.25) is 0 Å². The van der Waals surface area contributed by atoms with Crippen LogP contribution in [0, 0.1) is 23.7 Å². The second kappa shape index (κ2) is 10.4. The smallest absolute Gasteiger partial charge is 0.131 e. The number of hydrogen-bond donors (Lipinski definition) is 2. The normalized spacial score (nSPS) is 34.6. The molecule has 3 heterocycles. The van der Waals surface area contributed by atoms with Gasteiger partial charge in [0.05, 0.1) is 5.41 Å². The summed E-state index contributed by atoms with van der Waals surface area (Å²) >= 11 is 0. The number of rotatable bonds is 4. The molecule has 3 aromatic rings. The Hall–Kier alpha value is -4.61. The van der Waals surface area contributed by atoms with Crippen molar-refractivity contribution in [1.82, 2.24) is 10.6 Å². The van der Waals surface area contributed by atoms with Crippen LogP contribution in [0.1, 0.15) is 56.0 Å². The molecule has 8 atom stereocenters. The Bertz CT molecular complexity index is 2000. The summed E-state index contributed by atoms with van der Waals surface area (Å²) in [4.78, 5) is 5.32. The lowest BCUT2D eigenvalue weighted by atomic mass is 9.66. The molecule has 0 amide bonds. The second-order valence-corrected chi connectivity index (χ2v) is 15.2. The number of para-hydroxylation sites is 2. The zero-order valence-electron chi connectivity index (χ0n) is 27.5. The topological polar surface area (TPSA) is 54.9 Å². The Balaban J connectivity index is 0.949. The Morgan fingerprint density at radius 2 is 1.58 bits per heavy atom. The van der Waals surface area contributed by atoms with Crippen LogP contribution in [0.3, 0.4) is 0 Å². The Labute approximate surface area is 282 Å². The molecule has 1 spiro atoms. The highest BCUT2D eigenvalue weighted by molar-refractivity contribution is 5.88.